The molecule has 122 valence electrons. The number of esters is 2. The van der Waals surface area contributed by atoms with Gasteiger partial charge in [-0.15, -0.1) is 0 Å². The number of hydrogen-bond donors (Lipinski definition) is 0. The monoisotopic (exact) mass is 324 g/mol. The lowest BCUT2D eigenvalue weighted by atomic mass is 9.97. The first kappa shape index (κ1) is 15.9. The minimum Gasteiger partial charge on any atom is -0.441 e. The third-order valence-electron chi connectivity index (χ3n) is 3.80. The van der Waals surface area contributed by atoms with Crippen LogP contribution in [-0.2, 0) is 14.3 Å². The number of oxazole rings is 1. The van der Waals surface area contributed by atoms with Crippen molar-refractivity contribution in [3.8, 4) is 11.5 Å². The van der Waals surface area contributed by atoms with Gasteiger partial charge in [-0.1, -0.05) is 5.57 Å². The number of aromatic nitrogens is 2. The molecule has 1 fully saturated rings. The van der Waals surface area contributed by atoms with Gasteiger partial charge in [0.2, 0.25) is 5.89 Å². The van der Waals surface area contributed by atoms with Gasteiger partial charge in [-0.3, -0.25) is 4.98 Å². The number of nitrogens with zero attached hydrogens (tertiary/aromatic N) is 2. The summed E-state index contributed by atoms with van der Waals surface area (Å²) in [5.74, 6) is -0.278. The summed E-state index contributed by atoms with van der Waals surface area (Å²) in [7, 11) is 0. The van der Waals surface area contributed by atoms with Crippen molar-refractivity contribution in [2.75, 3.05) is 0 Å². The Kier molecular flexibility index (Phi) is 3.89. The van der Waals surface area contributed by atoms with E-state index in [2.05, 4.69) is 9.97 Å². The van der Waals surface area contributed by atoms with E-state index in [1.807, 2.05) is 0 Å². The summed E-state index contributed by atoms with van der Waals surface area (Å²) in [6, 6.07) is 3.57. The van der Waals surface area contributed by atoms with Crippen LogP contribution in [0.15, 0.2) is 45.7 Å². The SMILES string of the molecule is CC(C)=C1C(=O)OC(=O)C1=C(C)c1nc(-c2ccncc2)oc1C. The molecule has 0 N–H and O–H groups in total. The van der Waals surface area contributed by atoms with Crippen LogP contribution in [0.2, 0.25) is 0 Å². The number of allylic oxidation sites excluding steroid dienone is 2. The van der Waals surface area contributed by atoms with Crippen LogP contribution in [0.1, 0.15) is 32.2 Å². The molecule has 24 heavy (non-hydrogen) atoms. The predicted octanol–water partition coefficient (Wildman–Crippen LogP) is 3.24. The number of rotatable bonds is 2. The molecule has 0 atom stereocenters. The van der Waals surface area contributed by atoms with Crippen LogP contribution >= 0.6 is 0 Å². The normalized spacial score (nSPS) is 16.4. The van der Waals surface area contributed by atoms with E-state index in [0.717, 1.165) is 11.1 Å². The number of carbonyl (C=O) groups is 2. The van der Waals surface area contributed by atoms with Gasteiger partial charge in [-0.25, -0.2) is 14.6 Å². The Morgan fingerprint density at radius 3 is 2.25 bits per heavy atom. The highest BCUT2D eigenvalue weighted by Gasteiger charge is 2.37. The van der Waals surface area contributed by atoms with E-state index in [0.29, 0.717) is 28.5 Å². The maximum absolute atomic E-state index is 12.1. The van der Waals surface area contributed by atoms with E-state index >= 15 is 0 Å². The molecule has 0 spiro atoms. The topological polar surface area (TPSA) is 82.3 Å². The van der Waals surface area contributed by atoms with E-state index in [1.54, 1.807) is 52.2 Å². The zero-order valence-electron chi connectivity index (χ0n) is 13.8. The first-order chi connectivity index (χ1) is 11.4. The van der Waals surface area contributed by atoms with Gasteiger partial charge in [0.15, 0.2) is 0 Å². The van der Waals surface area contributed by atoms with Crippen LogP contribution in [0.25, 0.3) is 17.0 Å². The molecular weight excluding hydrogens is 308 g/mol. The second-order valence-electron chi connectivity index (χ2n) is 5.71. The van der Waals surface area contributed by atoms with Crippen molar-refractivity contribution in [3.63, 3.8) is 0 Å². The number of carbonyl (C=O) groups excluding carboxylic acids is 2. The summed E-state index contributed by atoms with van der Waals surface area (Å²) in [5, 5.41) is 0. The van der Waals surface area contributed by atoms with Gasteiger partial charge in [0.05, 0.1) is 11.1 Å². The molecule has 0 saturated carbocycles. The van der Waals surface area contributed by atoms with Gasteiger partial charge in [0, 0.05) is 18.0 Å². The molecule has 0 unspecified atom stereocenters. The lowest BCUT2D eigenvalue weighted by Crippen LogP contribution is -2.00. The average molecular weight is 324 g/mol. The number of aryl methyl sites for hydroxylation is 1. The van der Waals surface area contributed by atoms with E-state index in [4.69, 9.17) is 9.15 Å². The van der Waals surface area contributed by atoms with E-state index in [-0.39, 0.29) is 5.57 Å². The van der Waals surface area contributed by atoms with Gasteiger partial charge in [-0.2, -0.15) is 0 Å². The van der Waals surface area contributed by atoms with Crippen LogP contribution < -0.4 is 0 Å². The highest BCUT2D eigenvalue weighted by atomic mass is 16.6. The van der Waals surface area contributed by atoms with Crippen LogP contribution in [0, 0.1) is 6.92 Å². The highest BCUT2D eigenvalue weighted by Crippen LogP contribution is 2.34. The third-order valence-corrected chi connectivity index (χ3v) is 3.80. The van der Waals surface area contributed by atoms with Crippen LogP contribution in [0.5, 0.6) is 0 Å². The molecule has 2 aromatic heterocycles. The lowest BCUT2D eigenvalue weighted by molar-refractivity contribution is -0.149. The van der Waals surface area contributed by atoms with Crippen molar-refractivity contribution in [2.24, 2.45) is 0 Å². The van der Waals surface area contributed by atoms with Crippen molar-refractivity contribution in [1.82, 2.24) is 9.97 Å². The first-order valence-corrected chi connectivity index (χ1v) is 7.43. The molecule has 1 saturated heterocycles. The summed E-state index contributed by atoms with van der Waals surface area (Å²) < 4.78 is 10.5. The van der Waals surface area contributed by atoms with Gasteiger partial charge < -0.3 is 9.15 Å². The first-order valence-electron chi connectivity index (χ1n) is 7.43. The largest absolute Gasteiger partial charge is 0.441 e. The van der Waals surface area contributed by atoms with Crippen molar-refractivity contribution in [3.05, 3.63) is 52.7 Å². The molecule has 2 aromatic rings. The smallest absolute Gasteiger partial charge is 0.347 e. The van der Waals surface area contributed by atoms with Crippen molar-refractivity contribution in [2.45, 2.75) is 27.7 Å². The van der Waals surface area contributed by atoms with Gasteiger partial charge in [0.25, 0.3) is 0 Å². The van der Waals surface area contributed by atoms with Gasteiger partial charge >= 0.3 is 11.9 Å². The molecule has 1 aliphatic heterocycles. The Morgan fingerprint density at radius 1 is 1.00 bits per heavy atom. The van der Waals surface area contributed by atoms with Crippen LogP contribution in [0.4, 0.5) is 0 Å². The van der Waals surface area contributed by atoms with Crippen LogP contribution in [0.3, 0.4) is 0 Å². The quantitative estimate of drug-likeness (QED) is 0.479. The average Bonchev–Trinajstić information content (AvgIpc) is 3.07. The standard InChI is InChI=1S/C18H16N2O4/c1-9(2)13-14(18(22)24-17(13)21)10(3)15-11(4)23-16(20-15)12-5-7-19-8-6-12/h5-8H,1-4H3. The Balaban J connectivity index is 2.15. The minimum atomic E-state index is -0.651. The molecule has 0 aromatic carbocycles. The van der Waals surface area contributed by atoms with Crippen molar-refractivity contribution in [1.29, 1.82) is 0 Å². The fourth-order valence-corrected chi connectivity index (χ4v) is 2.67. The fourth-order valence-electron chi connectivity index (χ4n) is 2.67. The molecule has 0 bridgehead atoms. The van der Waals surface area contributed by atoms with Crippen molar-refractivity contribution < 1.29 is 18.7 Å². The zero-order chi connectivity index (χ0) is 17.4. The molecule has 6 heteroatoms. The summed E-state index contributed by atoms with van der Waals surface area (Å²) in [6.45, 7) is 7.03. The maximum atomic E-state index is 12.1. The zero-order valence-corrected chi connectivity index (χ0v) is 13.8. The number of ether oxygens (including phenoxy) is 1. The van der Waals surface area contributed by atoms with Gasteiger partial charge in [0.1, 0.15) is 11.5 Å². The number of cyclic esters (lactones) is 2. The Morgan fingerprint density at radius 2 is 1.62 bits per heavy atom. The summed E-state index contributed by atoms with van der Waals surface area (Å²) in [6.07, 6.45) is 3.29. The summed E-state index contributed by atoms with van der Waals surface area (Å²) >= 11 is 0. The van der Waals surface area contributed by atoms with E-state index in [1.165, 1.54) is 0 Å². The number of pyridine rings is 1. The molecule has 3 rings (SSSR count). The maximum Gasteiger partial charge on any atom is 0.347 e. The minimum absolute atomic E-state index is 0.248. The second-order valence-corrected chi connectivity index (χ2v) is 5.71. The summed E-state index contributed by atoms with van der Waals surface area (Å²) in [4.78, 5) is 32.4. The molecule has 0 radical (unpaired) electrons. The van der Waals surface area contributed by atoms with Crippen molar-refractivity contribution >= 4 is 17.5 Å². The molecule has 1 aliphatic rings. The van der Waals surface area contributed by atoms with Crippen LogP contribution in [-0.4, -0.2) is 21.9 Å². The molecule has 3 heterocycles. The Labute approximate surface area is 138 Å². The lowest BCUT2D eigenvalue weighted by Gasteiger charge is -2.03. The molecule has 0 aliphatic carbocycles. The third kappa shape index (κ3) is 2.56. The second kappa shape index (κ2) is 5.88. The number of hydrogen-bond acceptors (Lipinski definition) is 6. The predicted molar refractivity (Wildman–Crippen MR) is 86.5 cm³/mol. The Bertz CT molecular complexity index is 900. The van der Waals surface area contributed by atoms with Gasteiger partial charge in [-0.05, 0) is 45.4 Å². The van der Waals surface area contributed by atoms with E-state index in [9.17, 15) is 9.59 Å². The fraction of sp³-hybridized carbons (Fsp3) is 0.222. The summed E-state index contributed by atoms with van der Waals surface area (Å²) in [5.41, 5.74) is 3.13. The molecular formula is C18H16N2O4. The van der Waals surface area contributed by atoms with E-state index < -0.39 is 11.9 Å². The Hall–Kier alpha value is -3.02. The molecule has 0 amide bonds. The molecule has 6 nitrogen and oxygen atoms in total. The highest BCUT2D eigenvalue weighted by molar-refractivity contribution is 6.22.